The van der Waals surface area contributed by atoms with Gasteiger partial charge in [-0.1, -0.05) is 36.4 Å². The standard InChI is InChI=1S/C25H25F3NOS/c26-25(27,28)31(30)21-10-9-19-8-7-18-3-1-2-4-22(18)24(23(19)15-21)20-11-13-29(24,14-12-20)16-17-5-6-17/h1-4,7-10,15,17,20H,5-6,11-14,16H2/q+1/t20?,24?,29?,31-/m1/s1. The molecule has 1 saturated carbocycles. The molecule has 6 heteroatoms. The van der Waals surface area contributed by atoms with E-state index in [2.05, 4.69) is 24.3 Å². The van der Waals surface area contributed by atoms with E-state index in [0.29, 0.717) is 11.8 Å². The Kier molecular flexibility index (Phi) is 4.25. The number of fused-ring (bicyclic) bond motifs is 2. The molecule has 31 heavy (non-hydrogen) atoms. The van der Waals surface area contributed by atoms with Crippen molar-refractivity contribution < 1.29 is 22.2 Å². The number of piperidine rings is 1. The fourth-order valence-corrected chi connectivity index (χ4v) is 7.55. The minimum Gasteiger partial charge on any atom is -0.604 e. The summed E-state index contributed by atoms with van der Waals surface area (Å²) in [7, 11) is 0. The Bertz CT molecular complexity index is 1070. The van der Waals surface area contributed by atoms with Crippen molar-refractivity contribution in [1.29, 1.82) is 0 Å². The van der Waals surface area contributed by atoms with Gasteiger partial charge in [0.05, 0.1) is 30.8 Å². The zero-order valence-electron chi connectivity index (χ0n) is 17.2. The third-order valence-electron chi connectivity index (χ3n) is 8.13. The van der Waals surface area contributed by atoms with E-state index < -0.39 is 16.7 Å². The zero-order valence-corrected chi connectivity index (χ0v) is 18.0. The van der Waals surface area contributed by atoms with Crippen LogP contribution in [0.4, 0.5) is 13.2 Å². The van der Waals surface area contributed by atoms with Gasteiger partial charge in [0.2, 0.25) is 0 Å². The molecule has 2 aromatic rings. The van der Waals surface area contributed by atoms with Crippen molar-refractivity contribution in [2.24, 2.45) is 11.8 Å². The van der Waals surface area contributed by atoms with Gasteiger partial charge < -0.3 is 9.04 Å². The Balaban J connectivity index is 1.63. The summed E-state index contributed by atoms with van der Waals surface area (Å²) in [5, 5.41) is 0. The molecule has 2 saturated heterocycles. The van der Waals surface area contributed by atoms with Crippen molar-refractivity contribution in [3.05, 3.63) is 64.7 Å². The maximum absolute atomic E-state index is 13.4. The number of benzene rings is 2. The fourth-order valence-electron chi connectivity index (χ4n) is 6.87. The van der Waals surface area contributed by atoms with Gasteiger partial charge in [-0.05, 0) is 36.1 Å². The maximum atomic E-state index is 13.4. The molecule has 4 aliphatic rings. The quantitative estimate of drug-likeness (QED) is 0.440. The number of rotatable bonds is 3. The van der Waals surface area contributed by atoms with Crippen molar-refractivity contribution in [2.45, 2.75) is 41.6 Å². The molecule has 2 aliphatic carbocycles. The van der Waals surface area contributed by atoms with Crippen LogP contribution >= 0.6 is 0 Å². The topological polar surface area (TPSA) is 23.1 Å². The molecule has 2 atom stereocenters. The predicted octanol–water partition coefficient (Wildman–Crippen LogP) is 5.69. The van der Waals surface area contributed by atoms with Crippen LogP contribution in [0, 0.1) is 11.8 Å². The van der Waals surface area contributed by atoms with E-state index in [1.165, 1.54) is 24.5 Å². The summed E-state index contributed by atoms with van der Waals surface area (Å²) >= 11 is -3.02. The van der Waals surface area contributed by atoms with Gasteiger partial charge in [-0.2, -0.15) is 0 Å². The molecule has 6 rings (SSSR count). The molecular formula is C25H25F3NOS+. The lowest BCUT2D eigenvalue weighted by atomic mass is 9.72. The van der Waals surface area contributed by atoms with Crippen molar-refractivity contribution in [3.63, 3.8) is 0 Å². The summed E-state index contributed by atoms with van der Waals surface area (Å²) < 4.78 is 53.3. The first-order chi connectivity index (χ1) is 14.8. The predicted molar refractivity (Wildman–Crippen MR) is 115 cm³/mol. The van der Waals surface area contributed by atoms with E-state index in [1.54, 1.807) is 12.1 Å². The number of hydrogen-bond donors (Lipinski definition) is 0. The van der Waals surface area contributed by atoms with Crippen molar-refractivity contribution in [1.82, 2.24) is 0 Å². The molecule has 1 spiro atoms. The van der Waals surface area contributed by atoms with Gasteiger partial charge in [-0.15, -0.1) is 13.2 Å². The number of alkyl halides is 3. The smallest absolute Gasteiger partial charge is 0.578 e. The molecular weight excluding hydrogens is 419 g/mol. The molecule has 2 aromatic carbocycles. The minimum absolute atomic E-state index is 0.129. The summed E-state index contributed by atoms with van der Waals surface area (Å²) in [6.07, 6.45) is 8.84. The number of quaternary nitrogens is 1. The highest BCUT2D eigenvalue weighted by Gasteiger charge is 2.69. The molecule has 0 aromatic heterocycles. The van der Waals surface area contributed by atoms with E-state index in [1.807, 2.05) is 12.1 Å². The van der Waals surface area contributed by atoms with Crippen LogP contribution < -0.4 is 0 Å². The summed E-state index contributed by atoms with van der Waals surface area (Å²) in [5.41, 5.74) is -0.806. The average molecular weight is 445 g/mol. The van der Waals surface area contributed by atoms with Crippen LogP contribution in [0.5, 0.6) is 0 Å². The lowest BCUT2D eigenvalue weighted by Crippen LogP contribution is -2.58. The molecule has 0 radical (unpaired) electrons. The van der Waals surface area contributed by atoms with Gasteiger partial charge in [0.1, 0.15) is 0 Å². The summed E-state index contributed by atoms with van der Waals surface area (Å²) in [6.45, 7) is 3.24. The lowest BCUT2D eigenvalue weighted by molar-refractivity contribution is -0.958. The minimum atomic E-state index is -4.75. The lowest BCUT2D eigenvalue weighted by Gasteiger charge is -2.48. The van der Waals surface area contributed by atoms with Crippen molar-refractivity contribution >= 4 is 23.3 Å². The van der Waals surface area contributed by atoms with Gasteiger partial charge in [0.15, 0.2) is 10.4 Å². The number of nitrogens with zero attached hydrogens (tertiary/aromatic N) is 1. The van der Waals surface area contributed by atoms with Gasteiger partial charge >= 0.3 is 5.51 Å². The SMILES string of the molecule is [O-][S@+](c1ccc2c(c1)C1(c3ccccc3C=C2)C2CC[N+]1(CC1CC1)CC2)C(F)(F)F. The normalized spacial score (nSPS) is 32.1. The second kappa shape index (κ2) is 6.63. The average Bonchev–Trinajstić information content (AvgIpc) is 3.47. The first-order valence-electron chi connectivity index (χ1n) is 11.1. The highest BCUT2D eigenvalue weighted by atomic mass is 32.2. The van der Waals surface area contributed by atoms with Crippen LogP contribution in [-0.2, 0) is 16.7 Å². The van der Waals surface area contributed by atoms with Gasteiger partial charge in [-0.3, -0.25) is 0 Å². The third kappa shape index (κ3) is 2.74. The third-order valence-corrected chi connectivity index (χ3v) is 9.23. The second-order valence-corrected chi connectivity index (χ2v) is 11.1. The summed E-state index contributed by atoms with van der Waals surface area (Å²) in [5.74, 6) is 1.11. The molecule has 162 valence electrons. The molecule has 2 heterocycles. The van der Waals surface area contributed by atoms with Crippen LogP contribution in [0.1, 0.15) is 47.9 Å². The van der Waals surface area contributed by atoms with Crippen LogP contribution in [0.3, 0.4) is 0 Å². The summed E-state index contributed by atoms with van der Waals surface area (Å²) in [4.78, 5) is -0.129. The molecule has 2 bridgehead atoms. The van der Waals surface area contributed by atoms with E-state index in [9.17, 15) is 17.7 Å². The molecule has 3 fully saturated rings. The van der Waals surface area contributed by atoms with E-state index >= 15 is 0 Å². The van der Waals surface area contributed by atoms with Crippen LogP contribution in [0.2, 0.25) is 0 Å². The fraction of sp³-hybridized carbons (Fsp3) is 0.440. The van der Waals surface area contributed by atoms with Gasteiger partial charge in [-0.25, -0.2) is 0 Å². The molecule has 2 aliphatic heterocycles. The summed E-state index contributed by atoms with van der Waals surface area (Å²) in [6, 6.07) is 13.2. The molecule has 0 N–H and O–H groups in total. The monoisotopic (exact) mass is 444 g/mol. The van der Waals surface area contributed by atoms with E-state index in [-0.39, 0.29) is 10.4 Å². The van der Waals surface area contributed by atoms with Crippen LogP contribution in [0.15, 0.2) is 47.4 Å². The highest BCUT2D eigenvalue weighted by molar-refractivity contribution is 7.92. The number of hydrogen-bond acceptors (Lipinski definition) is 1. The Morgan fingerprint density at radius 2 is 1.61 bits per heavy atom. The number of halogens is 3. The zero-order chi connectivity index (χ0) is 21.4. The van der Waals surface area contributed by atoms with E-state index in [0.717, 1.165) is 53.6 Å². The van der Waals surface area contributed by atoms with Crippen LogP contribution in [0.25, 0.3) is 12.2 Å². The first-order valence-corrected chi connectivity index (χ1v) is 12.3. The molecule has 2 nitrogen and oxygen atoms in total. The molecule has 1 unspecified atom stereocenters. The van der Waals surface area contributed by atoms with Crippen molar-refractivity contribution in [2.75, 3.05) is 19.6 Å². The Morgan fingerprint density at radius 1 is 0.935 bits per heavy atom. The maximum Gasteiger partial charge on any atom is 0.578 e. The second-order valence-electron chi connectivity index (χ2n) is 9.64. The Morgan fingerprint density at radius 3 is 2.29 bits per heavy atom. The van der Waals surface area contributed by atoms with Gasteiger partial charge in [0.25, 0.3) is 0 Å². The highest BCUT2D eigenvalue weighted by Crippen LogP contribution is 2.63. The Labute approximate surface area is 183 Å². The van der Waals surface area contributed by atoms with Crippen molar-refractivity contribution in [3.8, 4) is 0 Å². The van der Waals surface area contributed by atoms with Crippen LogP contribution in [-0.4, -0.2) is 34.2 Å². The largest absolute Gasteiger partial charge is 0.604 e. The van der Waals surface area contributed by atoms with Gasteiger partial charge in [0, 0.05) is 41.9 Å². The Hall–Kier alpha value is -1.76. The van der Waals surface area contributed by atoms with E-state index in [4.69, 9.17) is 0 Å². The molecule has 0 amide bonds. The first kappa shape index (κ1) is 19.9.